The van der Waals surface area contributed by atoms with Crippen LogP contribution in [0.1, 0.15) is 18.3 Å². The Morgan fingerprint density at radius 1 is 1.39 bits per heavy atom. The van der Waals surface area contributed by atoms with Crippen molar-refractivity contribution in [3.8, 4) is 0 Å². The van der Waals surface area contributed by atoms with Gasteiger partial charge in [-0.3, -0.25) is 4.68 Å². The van der Waals surface area contributed by atoms with Crippen LogP contribution in [0.25, 0.3) is 0 Å². The molecule has 6 nitrogen and oxygen atoms in total. The Bertz CT molecular complexity index is 659. The number of hydrogen-bond donors (Lipinski definition) is 0. The average Bonchev–Trinajstić information content (AvgIpc) is 2.86. The van der Waals surface area contributed by atoms with E-state index in [0.717, 1.165) is 12.1 Å². The summed E-state index contributed by atoms with van der Waals surface area (Å²) >= 11 is 0. The van der Waals surface area contributed by atoms with Gasteiger partial charge in [-0.25, -0.2) is 13.4 Å². The van der Waals surface area contributed by atoms with Crippen molar-refractivity contribution in [3.05, 3.63) is 30.0 Å². The molecule has 2 aromatic heterocycles. The number of aromatic nitrogens is 4. The van der Waals surface area contributed by atoms with Crippen LogP contribution in [0.4, 0.5) is 0 Å². The lowest BCUT2D eigenvalue weighted by atomic mass is 10.3. The maximum Gasteiger partial charge on any atom is 0.280 e. The van der Waals surface area contributed by atoms with Crippen molar-refractivity contribution in [2.24, 2.45) is 0 Å². The fourth-order valence-corrected chi connectivity index (χ4v) is 2.33. The minimum Gasteiger partial charge on any atom is -0.329 e. The van der Waals surface area contributed by atoms with Gasteiger partial charge in [0.05, 0.1) is 12.7 Å². The second kappa shape index (κ2) is 4.74. The van der Waals surface area contributed by atoms with Gasteiger partial charge < -0.3 is 4.57 Å². The van der Waals surface area contributed by atoms with Crippen LogP contribution in [0.15, 0.2) is 23.6 Å². The first-order chi connectivity index (χ1) is 8.40. The molecule has 2 heterocycles. The number of hydrogen-bond acceptors (Lipinski definition) is 4. The highest BCUT2D eigenvalue weighted by Gasteiger charge is 2.16. The van der Waals surface area contributed by atoms with Crippen molar-refractivity contribution in [1.82, 2.24) is 19.3 Å². The van der Waals surface area contributed by atoms with Crippen molar-refractivity contribution in [1.29, 1.82) is 0 Å². The van der Waals surface area contributed by atoms with Crippen LogP contribution in [0.5, 0.6) is 0 Å². The van der Waals surface area contributed by atoms with Gasteiger partial charge in [0.2, 0.25) is 0 Å². The van der Waals surface area contributed by atoms with Crippen LogP contribution >= 0.6 is 10.7 Å². The maximum absolute atomic E-state index is 11.2. The Hall–Kier alpha value is -1.34. The molecule has 0 saturated carbocycles. The van der Waals surface area contributed by atoms with Crippen LogP contribution < -0.4 is 0 Å². The lowest BCUT2D eigenvalue weighted by Gasteiger charge is -2.01. The van der Waals surface area contributed by atoms with Crippen LogP contribution in [0.2, 0.25) is 0 Å². The van der Waals surface area contributed by atoms with Crippen LogP contribution in [-0.4, -0.2) is 27.7 Å². The second-order valence-electron chi connectivity index (χ2n) is 3.90. The van der Waals surface area contributed by atoms with Gasteiger partial charge in [-0.1, -0.05) is 0 Å². The smallest absolute Gasteiger partial charge is 0.280 e. The molecule has 0 aliphatic rings. The molecule has 0 spiro atoms. The zero-order valence-corrected chi connectivity index (χ0v) is 11.6. The first-order valence-corrected chi connectivity index (χ1v) is 7.71. The molecule has 0 bridgehead atoms. The SMILES string of the molecule is CCn1cc(Cn2cc(S(=O)(=O)Cl)nc2C)cn1. The third kappa shape index (κ3) is 2.73. The average molecular weight is 289 g/mol. The Balaban J connectivity index is 2.27. The largest absolute Gasteiger partial charge is 0.329 e. The molecular formula is C10H13ClN4O2S. The van der Waals surface area contributed by atoms with Crippen molar-refractivity contribution < 1.29 is 8.42 Å². The molecule has 0 aliphatic carbocycles. The summed E-state index contributed by atoms with van der Waals surface area (Å²) in [5.41, 5.74) is 0.982. The first kappa shape index (κ1) is 13.1. The third-order valence-electron chi connectivity index (χ3n) is 2.57. The summed E-state index contributed by atoms with van der Waals surface area (Å²) in [5.74, 6) is 0.596. The molecule has 0 fully saturated rings. The van der Waals surface area contributed by atoms with E-state index in [-0.39, 0.29) is 5.03 Å². The quantitative estimate of drug-likeness (QED) is 0.797. The molecule has 2 rings (SSSR count). The fourth-order valence-electron chi connectivity index (χ4n) is 1.61. The number of nitrogens with zero attached hydrogens (tertiary/aromatic N) is 4. The highest BCUT2D eigenvalue weighted by Crippen LogP contribution is 2.15. The van der Waals surface area contributed by atoms with E-state index in [1.807, 2.05) is 13.1 Å². The zero-order chi connectivity index (χ0) is 13.3. The lowest BCUT2D eigenvalue weighted by Crippen LogP contribution is -2.00. The van der Waals surface area contributed by atoms with Crippen molar-refractivity contribution >= 4 is 19.7 Å². The molecule has 18 heavy (non-hydrogen) atoms. The molecule has 2 aromatic rings. The predicted molar refractivity (Wildman–Crippen MR) is 67.0 cm³/mol. The molecule has 0 N–H and O–H groups in total. The van der Waals surface area contributed by atoms with Crippen molar-refractivity contribution in [2.75, 3.05) is 0 Å². The van der Waals surface area contributed by atoms with Crippen molar-refractivity contribution in [2.45, 2.75) is 32.0 Å². The molecular weight excluding hydrogens is 276 g/mol. The van der Waals surface area contributed by atoms with Gasteiger partial charge in [-0.05, 0) is 13.8 Å². The molecule has 8 heteroatoms. The monoisotopic (exact) mass is 288 g/mol. The Kier molecular flexibility index (Phi) is 3.45. The zero-order valence-electron chi connectivity index (χ0n) is 10.0. The fraction of sp³-hybridized carbons (Fsp3) is 0.400. The van der Waals surface area contributed by atoms with Crippen molar-refractivity contribution in [3.63, 3.8) is 0 Å². The number of imidazole rings is 1. The highest BCUT2D eigenvalue weighted by atomic mass is 35.7. The van der Waals surface area contributed by atoms with E-state index in [1.54, 1.807) is 22.4 Å². The molecule has 0 unspecified atom stereocenters. The lowest BCUT2D eigenvalue weighted by molar-refractivity contribution is 0.606. The van der Waals surface area contributed by atoms with Gasteiger partial charge >= 0.3 is 0 Å². The van der Waals surface area contributed by atoms with E-state index >= 15 is 0 Å². The van der Waals surface area contributed by atoms with Gasteiger partial charge in [0, 0.05) is 35.2 Å². The Morgan fingerprint density at radius 2 is 2.11 bits per heavy atom. The number of aryl methyl sites for hydroxylation is 2. The van der Waals surface area contributed by atoms with Gasteiger partial charge in [0.15, 0.2) is 5.03 Å². The summed E-state index contributed by atoms with van der Waals surface area (Å²) in [6.07, 6.45) is 5.09. The van der Waals surface area contributed by atoms with Gasteiger partial charge in [0.25, 0.3) is 9.05 Å². The first-order valence-electron chi connectivity index (χ1n) is 5.40. The van der Waals surface area contributed by atoms with Gasteiger partial charge in [-0.2, -0.15) is 5.10 Å². The minimum absolute atomic E-state index is 0.121. The molecule has 0 radical (unpaired) electrons. The van der Waals surface area contributed by atoms with Gasteiger partial charge in [-0.15, -0.1) is 0 Å². The van der Waals surface area contributed by atoms with E-state index in [2.05, 4.69) is 10.1 Å². The Morgan fingerprint density at radius 3 is 2.61 bits per heavy atom. The van der Waals surface area contributed by atoms with E-state index in [0.29, 0.717) is 12.4 Å². The normalized spacial score (nSPS) is 11.9. The van der Waals surface area contributed by atoms with E-state index in [1.165, 1.54) is 6.20 Å². The summed E-state index contributed by atoms with van der Waals surface area (Å²) in [6, 6.07) is 0. The highest BCUT2D eigenvalue weighted by molar-refractivity contribution is 8.13. The summed E-state index contributed by atoms with van der Waals surface area (Å²) < 4.78 is 25.9. The standard InChI is InChI=1S/C10H13ClN4O2S/c1-3-15-6-9(4-12-15)5-14-7-10(13-8(14)2)18(11,16)17/h4,6-7H,3,5H2,1-2H3. The molecule has 0 aliphatic heterocycles. The van der Waals surface area contributed by atoms with Crippen LogP contribution in [0.3, 0.4) is 0 Å². The second-order valence-corrected chi connectivity index (χ2v) is 6.41. The minimum atomic E-state index is -3.78. The van der Waals surface area contributed by atoms with E-state index in [9.17, 15) is 8.42 Å². The maximum atomic E-state index is 11.2. The summed E-state index contributed by atoms with van der Waals surface area (Å²) in [6.45, 7) is 5.04. The molecule has 0 atom stereocenters. The Labute approximate surface area is 110 Å². The van der Waals surface area contributed by atoms with Crippen LogP contribution in [-0.2, 0) is 22.1 Å². The topological polar surface area (TPSA) is 69.8 Å². The molecule has 0 saturated heterocycles. The van der Waals surface area contributed by atoms with Crippen LogP contribution in [0, 0.1) is 6.92 Å². The molecule has 0 amide bonds. The van der Waals surface area contributed by atoms with E-state index < -0.39 is 9.05 Å². The predicted octanol–water partition coefficient (Wildman–Crippen LogP) is 1.38. The number of rotatable bonds is 4. The summed E-state index contributed by atoms with van der Waals surface area (Å²) in [5, 5.41) is 4.03. The summed E-state index contributed by atoms with van der Waals surface area (Å²) in [7, 11) is 1.48. The molecule has 0 aromatic carbocycles. The number of halogens is 1. The third-order valence-corrected chi connectivity index (χ3v) is 3.74. The summed E-state index contributed by atoms with van der Waals surface area (Å²) in [4.78, 5) is 3.92. The molecule has 98 valence electrons. The van der Waals surface area contributed by atoms with E-state index in [4.69, 9.17) is 10.7 Å². The van der Waals surface area contributed by atoms with Gasteiger partial charge in [0.1, 0.15) is 5.82 Å².